The van der Waals surface area contributed by atoms with Crippen LogP contribution in [-0.2, 0) is 32.3 Å². The van der Waals surface area contributed by atoms with Gasteiger partial charge in [-0.25, -0.2) is 4.79 Å². The van der Waals surface area contributed by atoms with E-state index in [2.05, 4.69) is 10.8 Å². The van der Waals surface area contributed by atoms with Gasteiger partial charge in [-0.2, -0.15) is 5.48 Å². The number of nitrogens with one attached hydrogen (secondary N) is 2. The van der Waals surface area contributed by atoms with Crippen LogP contribution in [0.5, 0.6) is 0 Å². The molecule has 156 valence electrons. The molecule has 0 radical (unpaired) electrons. The number of benzene rings is 2. The number of hydrogen-bond acceptors (Lipinski definition) is 6. The first-order valence-electron chi connectivity index (χ1n) is 9.60. The molecule has 0 saturated carbocycles. The van der Waals surface area contributed by atoms with Gasteiger partial charge in [0.05, 0.1) is 20.1 Å². The number of hydroxylamine groups is 1. The van der Waals surface area contributed by atoms with Crippen molar-refractivity contribution in [2.45, 2.75) is 38.5 Å². The molecule has 0 unspecified atom stereocenters. The highest BCUT2D eigenvalue weighted by Gasteiger charge is 2.14. The molecule has 29 heavy (non-hydrogen) atoms. The van der Waals surface area contributed by atoms with E-state index in [-0.39, 0.29) is 25.0 Å². The van der Waals surface area contributed by atoms with Crippen molar-refractivity contribution in [3.8, 4) is 0 Å². The average molecular weight is 400 g/mol. The quantitative estimate of drug-likeness (QED) is 0.323. The van der Waals surface area contributed by atoms with Gasteiger partial charge in [0.2, 0.25) is 0 Å². The largest absolute Gasteiger partial charge is 0.469 e. The van der Waals surface area contributed by atoms with Crippen LogP contribution in [0.4, 0.5) is 4.79 Å². The second kappa shape index (κ2) is 13.3. The lowest BCUT2D eigenvalue weighted by Gasteiger charge is -2.17. The number of ether oxygens (including phenoxy) is 2. The third kappa shape index (κ3) is 9.73. The maximum Gasteiger partial charge on any atom is 0.407 e. The van der Waals surface area contributed by atoms with E-state index in [4.69, 9.17) is 14.3 Å². The topological polar surface area (TPSA) is 85.9 Å². The van der Waals surface area contributed by atoms with Gasteiger partial charge >= 0.3 is 12.1 Å². The fourth-order valence-electron chi connectivity index (χ4n) is 2.62. The summed E-state index contributed by atoms with van der Waals surface area (Å²) >= 11 is 0. The van der Waals surface area contributed by atoms with E-state index in [0.717, 1.165) is 11.1 Å². The van der Waals surface area contributed by atoms with Gasteiger partial charge in [-0.05, 0) is 24.0 Å². The first-order valence-corrected chi connectivity index (χ1v) is 9.60. The van der Waals surface area contributed by atoms with Crippen LogP contribution >= 0.6 is 0 Å². The molecule has 2 N–H and O–H groups in total. The van der Waals surface area contributed by atoms with Crippen LogP contribution in [0, 0.1) is 0 Å². The molecular weight excluding hydrogens is 372 g/mol. The summed E-state index contributed by atoms with van der Waals surface area (Å²) in [4.78, 5) is 28.9. The van der Waals surface area contributed by atoms with Gasteiger partial charge in [-0.3, -0.25) is 9.63 Å². The molecule has 0 aromatic heterocycles. The molecule has 0 heterocycles. The Balaban J connectivity index is 1.65. The van der Waals surface area contributed by atoms with Gasteiger partial charge in [0.1, 0.15) is 6.61 Å². The zero-order valence-corrected chi connectivity index (χ0v) is 16.6. The predicted octanol–water partition coefficient (Wildman–Crippen LogP) is 3.35. The number of methoxy groups -OCH3 is 1. The van der Waals surface area contributed by atoms with E-state index in [1.807, 2.05) is 60.7 Å². The molecule has 0 spiro atoms. The van der Waals surface area contributed by atoms with Crippen LogP contribution in [-0.4, -0.2) is 31.8 Å². The van der Waals surface area contributed by atoms with E-state index in [1.165, 1.54) is 7.11 Å². The van der Waals surface area contributed by atoms with Gasteiger partial charge in [0.15, 0.2) is 0 Å². The molecule has 7 heteroatoms. The molecule has 7 nitrogen and oxygen atoms in total. The summed E-state index contributed by atoms with van der Waals surface area (Å²) in [6.45, 7) is 1.06. The number of amides is 1. The third-order valence-corrected chi connectivity index (χ3v) is 4.18. The standard InChI is InChI=1S/C22H28N2O5/c1-27-21(25)15-20(24-29-17-19-11-6-3-7-12-19)13-8-14-23-22(26)28-16-18-9-4-2-5-10-18/h2-7,9-12,20,24H,8,13-17H2,1H3,(H,23,26)/t20-/m0/s1. The Morgan fingerprint density at radius 1 is 0.931 bits per heavy atom. The summed E-state index contributed by atoms with van der Waals surface area (Å²) in [6.07, 6.45) is 1.00. The minimum absolute atomic E-state index is 0.184. The number of esters is 1. The SMILES string of the molecule is COC(=O)C[C@H](CCCNC(=O)OCc1ccccc1)NOCc1ccccc1. The van der Waals surface area contributed by atoms with Crippen LogP contribution in [0.25, 0.3) is 0 Å². The monoisotopic (exact) mass is 400 g/mol. The first-order chi connectivity index (χ1) is 14.2. The minimum Gasteiger partial charge on any atom is -0.469 e. The van der Waals surface area contributed by atoms with Gasteiger partial charge in [0, 0.05) is 12.6 Å². The maximum atomic E-state index is 11.8. The minimum atomic E-state index is -0.466. The highest BCUT2D eigenvalue weighted by atomic mass is 16.6. The molecule has 2 aromatic rings. The molecule has 0 fully saturated rings. The van der Waals surface area contributed by atoms with Crippen molar-refractivity contribution < 1.29 is 23.9 Å². The summed E-state index contributed by atoms with van der Waals surface area (Å²) in [5.74, 6) is -0.318. The number of alkyl carbamates (subject to hydrolysis) is 1. The molecule has 0 bridgehead atoms. The normalized spacial score (nSPS) is 11.5. The van der Waals surface area contributed by atoms with Crippen molar-refractivity contribution >= 4 is 12.1 Å². The van der Waals surface area contributed by atoms with Crippen molar-refractivity contribution in [2.24, 2.45) is 0 Å². The fourth-order valence-corrected chi connectivity index (χ4v) is 2.62. The smallest absolute Gasteiger partial charge is 0.407 e. The lowest BCUT2D eigenvalue weighted by Crippen LogP contribution is -2.33. The molecule has 1 amide bonds. The summed E-state index contributed by atoms with van der Waals surface area (Å²) in [6, 6.07) is 19.0. The molecule has 1 atom stereocenters. The molecule has 0 aliphatic rings. The average Bonchev–Trinajstić information content (AvgIpc) is 2.76. The van der Waals surface area contributed by atoms with Crippen LogP contribution < -0.4 is 10.8 Å². The zero-order chi connectivity index (χ0) is 20.7. The van der Waals surface area contributed by atoms with Gasteiger partial charge in [0.25, 0.3) is 0 Å². The van der Waals surface area contributed by atoms with Crippen LogP contribution in [0.3, 0.4) is 0 Å². The Bertz CT molecular complexity index is 724. The van der Waals surface area contributed by atoms with Crippen molar-refractivity contribution in [1.29, 1.82) is 0 Å². The third-order valence-electron chi connectivity index (χ3n) is 4.18. The van der Waals surface area contributed by atoms with E-state index in [0.29, 0.717) is 26.0 Å². The Hall–Kier alpha value is -2.90. The van der Waals surface area contributed by atoms with E-state index in [9.17, 15) is 9.59 Å². The van der Waals surface area contributed by atoms with Crippen LogP contribution in [0.1, 0.15) is 30.4 Å². The van der Waals surface area contributed by atoms with Crippen molar-refractivity contribution in [1.82, 2.24) is 10.8 Å². The highest BCUT2D eigenvalue weighted by Crippen LogP contribution is 2.06. The van der Waals surface area contributed by atoms with E-state index < -0.39 is 6.09 Å². The van der Waals surface area contributed by atoms with Crippen LogP contribution in [0.15, 0.2) is 60.7 Å². The highest BCUT2D eigenvalue weighted by molar-refractivity contribution is 5.69. The molecule has 0 aliphatic heterocycles. The second-order valence-electron chi connectivity index (χ2n) is 6.50. The predicted molar refractivity (Wildman–Crippen MR) is 109 cm³/mol. The maximum absolute atomic E-state index is 11.8. The summed E-state index contributed by atoms with van der Waals surface area (Å²) in [7, 11) is 1.36. The lowest BCUT2D eigenvalue weighted by atomic mass is 10.1. The summed E-state index contributed by atoms with van der Waals surface area (Å²) in [5, 5.41) is 2.71. The van der Waals surface area contributed by atoms with Gasteiger partial charge in [-0.15, -0.1) is 0 Å². The Morgan fingerprint density at radius 2 is 1.55 bits per heavy atom. The first kappa shape index (κ1) is 22.4. The molecular formula is C22H28N2O5. The fraction of sp³-hybridized carbons (Fsp3) is 0.364. The molecule has 0 saturated heterocycles. The Labute approximate surface area is 171 Å². The summed E-state index contributed by atoms with van der Waals surface area (Å²) < 4.78 is 9.91. The number of rotatable bonds is 12. The van der Waals surface area contributed by atoms with Gasteiger partial charge < -0.3 is 14.8 Å². The zero-order valence-electron chi connectivity index (χ0n) is 16.6. The van der Waals surface area contributed by atoms with Crippen molar-refractivity contribution in [3.63, 3.8) is 0 Å². The van der Waals surface area contributed by atoms with Crippen molar-refractivity contribution in [2.75, 3.05) is 13.7 Å². The summed E-state index contributed by atoms with van der Waals surface area (Å²) in [5.41, 5.74) is 4.88. The number of hydrogen-bond donors (Lipinski definition) is 2. The molecule has 0 aliphatic carbocycles. The van der Waals surface area contributed by atoms with Gasteiger partial charge in [-0.1, -0.05) is 60.7 Å². The number of carbonyl (C=O) groups is 2. The lowest BCUT2D eigenvalue weighted by molar-refractivity contribution is -0.142. The number of carbonyl (C=O) groups excluding carboxylic acids is 2. The van der Waals surface area contributed by atoms with E-state index >= 15 is 0 Å². The van der Waals surface area contributed by atoms with E-state index in [1.54, 1.807) is 0 Å². The Morgan fingerprint density at radius 3 is 2.17 bits per heavy atom. The molecule has 2 rings (SSSR count). The van der Waals surface area contributed by atoms with Crippen molar-refractivity contribution in [3.05, 3.63) is 71.8 Å². The Kier molecular flexibility index (Phi) is 10.3. The van der Waals surface area contributed by atoms with Crippen LogP contribution in [0.2, 0.25) is 0 Å². The second-order valence-corrected chi connectivity index (χ2v) is 6.50. The molecule has 2 aromatic carbocycles.